The summed E-state index contributed by atoms with van der Waals surface area (Å²) < 4.78 is 0. The van der Waals surface area contributed by atoms with Crippen LogP contribution in [-0.2, 0) is 0 Å². The molecular weight excluding hydrogens is 226 g/mol. The first-order valence-corrected chi connectivity index (χ1v) is 2.80. The molecule has 4 nitrogen and oxygen atoms in total. The molecule has 1 N–H and O–H groups in total. The van der Waals surface area contributed by atoms with Crippen molar-refractivity contribution in [2.75, 3.05) is 0 Å². The number of hydrogen-bond donors (Lipinski definition) is 1. The maximum Gasteiger partial charge on any atom is 0.356 e. The fraction of sp³-hybridized carbons (Fsp3) is 0. The quantitative estimate of drug-likeness (QED) is 0.798. The van der Waals surface area contributed by atoms with Crippen LogP contribution in [0.15, 0.2) is 12.1 Å². The molecule has 0 unspecified atom stereocenters. The van der Waals surface area contributed by atoms with Gasteiger partial charge in [0.2, 0.25) is 0 Å². The van der Waals surface area contributed by atoms with Crippen molar-refractivity contribution in [3.63, 3.8) is 0 Å². The van der Waals surface area contributed by atoms with Crippen LogP contribution in [0.1, 0.15) is 10.5 Å². The molecule has 0 aromatic carbocycles. The van der Waals surface area contributed by atoms with Crippen molar-refractivity contribution in [2.45, 2.75) is 0 Å². The fourth-order valence-corrected chi connectivity index (χ4v) is 0.531. The van der Waals surface area contributed by atoms with Crippen molar-refractivity contribution < 1.29 is 9.90 Å². The van der Waals surface area contributed by atoms with Crippen LogP contribution in [0.4, 0.5) is 0 Å². The van der Waals surface area contributed by atoms with Crippen LogP contribution in [0.5, 0.6) is 0 Å². The number of carboxylic acids is 1. The molecule has 0 saturated heterocycles. The third kappa shape index (κ3) is 3.71. The summed E-state index contributed by atoms with van der Waals surface area (Å²) >= 11 is 5.35. The molecule has 0 radical (unpaired) electrons. The molecule has 0 saturated carbocycles. The average Bonchev–Trinajstić information content (AvgIpc) is 1.88. The van der Waals surface area contributed by atoms with Gasteiger partial charge < -0.3 is 5.11 Å². The van der Waals surface area contributed by atoms with E-state index in [0.717, 1.165) is 0 Å². The lowest BCUT2D eigenvalue weighted by Gasteiger charge is -1.89. The van der Waals surface area contributed by atoms with E-state index in [-0.39, 0.29) is 35.7 Å². The van der Waals surface area contributed by atoms with E-state index in [1.807, 2.05) is 0 Å². The van der Waals surface area contributed by atoms with Crippen molar-refractivity contribution >= 4 is 42.4 Å². The summed E-state index contributed by atoms with van der Waals surface area (Å²) in [6.45, 7) is 0. The van der Waals surface area contributed by atoms with Gasteiger partial charge in [-0.25, -0.2) is 4.79 Å². The molecule has 0 aliphatic rings. The summed E-state index contributed by atoms with van der Waals surface area (Å²) in [6, 6.07) is 2.66. The molecule has 0 amide bonds. The van der Waals surface area contributed by atoms with Crippen LogP contribution in [0, 0.1) is 0 Å². The summed E-state index contributed by atoms with van der Waals surface area (Å²) in [4.78, 5) is 10.2. The van der Waals surface area contributed by atoms with E-state index in [1.165, 1.54) is 12.1 Å². The Morgan fingerprint density at radius 3 is 2.25 bits per heavy atom. The molecule has 0 aliphatic carbocycles. The molecule has 12 heavy (non-hydrogen) atoms. The lowest BCUT2D eigenvalue weighted by atomic mass is 10.4. The SMILES string of the molecule is Cl.Cl.O=C(O)c1ccc(Cl)nn1. The van der Waals surface area contributed by atoms with E-state index in [4.69, 9.17) is 16.7 Å². The topological polar surface area (TPSA) is 63.1 Å². The van der Waals surface area contributed by atoms with Crippen LogP contribution >= 0.6 is 36.4 Å². The van der Waals surface area contributed by atoms with Crippen molar-refractivity contribution in [3.05, 3.63) is 23.0 Å². The highest BCUT2D eigenvalue weighted by molar-refractivity contribution is 6.29. The molecule has 68 valence electrons. The Hall–Kier alpha value is -0.580. The van der Waals surface area contributed by atoms with Gasteiger partial charge in [0.25, 0.3) is 0 Å². The van der Waals surface area contributed by atoms with Crippen LogP contribution in [0.3, 0.4) is 0 Å². The number of halogens is 3. The van der Waals surface area contributed by atoms with Crippen LogP contribution in [-0.4, -0.2) is 21.3 Å². The molecule has 0 spiro atoms. The number of hydrogen-bond acceptors (Lipinski definition) is 3. The smallest absolute Gasteiger partial charge is 0.356 e. The Morgan fingerprint density at radius 2 is 1.92 bits per heavy atom. The van der Waals surface area contributed by atoms with Gasteiger partial charge in [0.15, 0.2) is 10.8 Å². The van der Waals surface area contributed by atoms with E-state index >= 15 is 0 Å². The van der Waals surface area contributed by atoms with Gasteiger partial charge in [-0.05, 0) is 12.1 Å². The molecule has 7 heteroatoms. The summed E-state index contributed by atoms with van der Waals surface area (Å²) in [5.74, 6) is -1.11. The number of carbonyl (C=O) groups is 1. The Bertz CT molecular complexity index is 251. The lowest BCUT2D eigenvalue weighted by molar-refractivity contribution is 0.0689. The number of rotatable bonds is 1. The zero-order valence-electron chi connectivity index (χ0n) is 5.60. The van der Waals surface area contributed by atoms with Gasteiger partial charge in [-0.3, -0.25) is 0 Å². The lowest BCUT2D eigenvalue weighted by Crippen LogP contribution is -2.00. The molecule has 0 bridgehead atoms. The van der Waals surface area contributed by atoms with Crippen LogP contribution < -0.4 is 0 Å². The van der Waals surface area contributed by atoms with E-state index in [2.05, 4.69) is 10.2 Å². The van der Waals surface area contributed by atoms with Crippen molar-refractivity contribution in [1.29, 1.82) is 0 Å². The predicted molar refractivity (Wildman–Crippen MR) is 48.5 cm³/mol. The van der Waals surface area contributed by atoms with Gasteiger partial charge >= 0.3 is 5.97 Å². The minimum atomic E-state index is -1.11. The monoisotopic (exact) mass is 230 g/mol. The van der Waals surface area contributed by atoms with Gasteiger partial charge in [-0.2, -0.15) is 0 Å². The zero-order chi connectivity index (χ0) is 7.56. The Labute approximate surface area is 85.8 Å². The number of nitrogens with zero attached hydrogens (tertiary/aromatic N) is 2. The molecule has 1 aromatic rings. The van der Waals surface area contributed by atoms with Gasteiger partial charge in [-0.15, -0.1) is 35.0 Å². The summed E-state index contributed by atoms with van der Waals surface area (Å²) in [7, 11) is 0. The first-order chi connectivity index (χ1) is 4.70. The molecule has 0 atom stereocenters. The molecule has 0 fully saturated rings. The van der Waals surface area contributed by atoms with E-state index < -0.39 is 5.97 Å². The number of aromatic nitrogens is 2. The first-order valence-electron chi connectivity index (χ1n) is 2.42. The zero-order valence-corrected chi connectivity index (χ0v) is 7.99. The van der Waals surface area contributed by atoms with Crippen molar-refractivity contribution in [2.24, 2.45) is 0 Å². The van der Waals surface area contributed by atoms with Gasteiger partial charge in [0.05, 0.1) is 0 Å². The highest BCUT2D eigenvalue weighted by atomic mass is 35.5. The second-order valence-corrected chi connectivity index (χ2v) is 1.93. The summed E-state index contributed by atoms with van der Waals surface area (Å²) in [5.41, 5.74) is -0.107. The maximum atomic E-state index is 10.2. The third-order valence-electron chi connectivity index (χ3n) is 0.851. The van der Waals surface area contributed by atoms with Crippen molar-refractivity contribution in [1.82, 2.24) is 10.2 Å². The standard InChI is InChI=1S/C5H3ClN2O2.2ClH/c6-4-2-1-3(5(9)10)7-8-4;;/h1-2H,(H,9,10);2*1H. The van der Waals surface area contributed by atoms with Crippen molar-refractivity contribution in [3.8, 4) is 0 Å². The summed E-state index contributed by atoms with van der Waals surface area (Å²) in [5, 5.41) is 15.1. The number of carboxylic acid groups (broad SMARTS) is 1. The molecule has 1 heterocycles. The fourth-order valence-electron chi connectivity index (χ4n) is 0.430. The normalized spacial score (nSPS) is 7.75. The Kier molecular flexibility index (Phi) is 6.98. The first kappa shape index (κ1) is 14.0. The summed E-state index contributed by atoms with van der Waals surface area (Å²) in [6.07, 6.45) is 0. The second-order valence-electron chi connectivity index (χ2n) is 1.55. The molecule has 0 aliphatic heterocycles. The largest absolute Gasteiger partial charge is 0.476 e. The molecular formula is C5H5Cl3N2O2. The van der Waals surface area contributed by atoms with Crippen LogP contribution in [0.25, 0.3) is 0 Å². The van der Waals surface area contributed by atoms with E-state index in [0.29, 0.717) is 0 Å². The minimum Gasteiger partial charge on any atom is -0.476 e. The van der Waals surface area contributed by atoms with Gasteiger partial charge in [-0.1, -0.05) is 11.6 Å². The highest BCUT2D eigenvalue weighted by Crippen LogP contribution is 2.01. The average molecular weight is 231 g/mol. The number of aromatic carboxylic acids is 1. The van der Waals surface area contributed by atoms with Gasteiger partial charge in [0, 0.05) is 0 Å². The van der Waals surface area contributed by atoms with E-state index in [1.54, 1.807) is 0 Å². The Morgan fingerprint density at radius 1 is 1.33 bits per heavy atom. The van der Waals surface area contributed by atoms with E-state index in [9.17, 15) is 4.79 Å². The van der Waals surface area contributed by atoms with Gasteiger partial charge in [0.1, 0.15) is 0 Å². The van der Waals surface area contributed by atoms with Crippen LogP contribution in [0.2, 0.25) is 5.15 Å². The predicted octanol–water partition coefficient (Wildman–Crippen LogP) is 1.67. The molecule has 1 aromatic heterocycles. The molecule has 1 rings (SSSR count). The second kappa shape index (κ2) is 5.99. The highest BCUT2D eigenvalue weighted by Gasteiger charge is 2.02. The third-order valence-corrected chi connectivity index (χ3v) is 1.05. The maximum absolute atomic E-state index is 10.2. The minimum absolute atomic E-state index is 0. The Balaban J connectivity index is 0.